The zero-order valence-electron chi connectivity index (χ0n) is 6.49. The van der Waals surface area contributed by atoms with E-state index in [1.807, 2.05) is 0 Å². The van der Waals surface area contributed by atoms with E-state index in [-0.39, 0.29) is 32.9 Å². The van der Waals surface area contributed by atoms with Crippen LogP contribution in [0.25, 0.3) is 0 Å². The third kappa shape index (κ3) is 2.29. The summed E-state index contributed by atoms with van der Waals surface area (Å²) in [5.41, 5.74) is 0.0255. The number of carboxylic acids is 2. The molecular formula is C7H8CdO4. The normalized spacial score (nSPS) is 21.0. The van der Waals surface area contributed by atoms with Crippen LogP contribution in [-0.2, 0) is 36.9 Å². The zero-order chi connectivity index (χ0) is 8.43. The Kier molecular flexibility index (Phi) is 4.43. The molecule has 1 aliphatic rings. The molecule has 0 aromatic carbocycles. The van der Waals surface area contributed by atoms with E-state index in [1.165, 1.54) is 6.08 Å². The first-order chi connectivity index (χ1) is 5.13. The van der Waals surface area contributed by atoms with Gasteiger partial charge < -0.3 is 10.2 Å². The molecule has 5 heteroatoms. The Morgan fingerprint density at radius 1 is 1.42 bits per heavy atom. The first-order valence-corrected chi connectivity index (χ1v) is 3.29. The summed E-state index contributed by atoms with van der Waals surface area (Å²) in [5, 5.41) is 17.0. The molecule has 0 radical (unpaired) electrons. The number of allylic oxidation sites excluding steroid dienone is 1. The molecule has 0 saturated heterocycles. The van der Waals surface area contributed by atoms with Crippen molar-refractivity contribution in [2.75, 3.05) is 0 Å². The van der Waals surface area contributed by atoms with Crippen molar-refractivity contribution >= 4 is 11.9 Å². The molecule has 0 bridgehead atoms. The van der Waals surface area contributed by atoms with Gasteiger partial charge in [-0.25, -0.2) is 4.79 Å². The minimum absolute atomic E-state index is 0. The Labute approximate surface area is 89.4 Å². The molecule has 0 aromatic heterocycles. The van der Waals surface area contributed by atoms with E-state index >= 15 is 0 Å². The van der Waals surface area contributed by atoms with E-state index in [0.717, 1.165) is 0 Å². The molecule has 0 spiro atoms. The largest absolute Gasteiger partial charge is 0.481 e. The summed E-state index contributed by atoms with van der Waals surface area (Å²) in [6.45, 7) is 0. The fraction of sp³-hybridized carbons (Fsp3) is 0.429. The van der Waals surface area contributed by atoms with Gasteiger partial charge in [0.25, 0.3) is 0 Å². The molecule has 0 amide bonds. The van der Waals surface area contributed by atoms with Crippen LogP contribution < -0.4 is 0 Å². The van der Waals surface area contributed by atoms with Crippen molar-refractivity contribution < 1.29 is 47.1 Å². The molecule has 0 aliphatic heterocycles. The number of carboxylic acid groups (broad SMARTS) is 2. The molecule has 4 nitrogen and oxygen atoms in total. The fourth-order valence-corrected chi connectivity index (χ4v) is 1.20. The quantitative estimate of drug-likeness (QED) is 0.715. The van der Waals surface area contributed by atoms with Gasteiger partial charge in [0.1, 0.15) is 0 Å². The predicted octanol–water partition coefficient (Wildman–Crippen LogP) is 0.489. The van der Waals surface area contributed by atoms with Gasteiger partial charge in [-0.05, 0) is 12.8 Å². The van der Waals surface area contributed by atoms with Crippen molar-refractivity contribution in [1.29, 1.82) is 0 Å². The van der Waals surface area contributed by atoms with E-state index < -0.39 is 17.9 Å². The third-order valence-corrected chi connectivity index (χ3v) is 1.74. The van der Waals surface area contributed by atoms with Crippen molar-refractivity contribution in [3.8, 4) is 0 Å². The molecule has 12 heavy (non-hydrogen) atoms. The molecule has 1 unspecified atom stereocenters. The van der Waals surface area contributed by atoms with Crippen molar-refractivity contribution in [1.82, 2.24) is 0 Å². The predicted molar refractivity (Wildman–Crippen MR) is 36.1 cm³/mol. The fourth-order valence-electron chi connectivity index (χ4n) is 1.20. The second-order valence-electron chi connectivity index (χ2n) is 2.43. The average Bonchev–Trinajstić information content (AvgIpc) is 2.32. The van der Waals surface area contributed by atoms with Crippen molar-refractivity contribution in [2.24, 2.45) is 5.92 Å². The second kappa shape index (κ2) is 4.58. The maximum Gasteiger partial charge on any atom is 0.332 e. The molecule has 1 aliphatic carbocycles. The number of hydrogen-bond donors (Lipinski definition) is 2. The topological polar surface area (TPSA) is 74.6 Å². The van der Waals surface area contributed by atoms with Gasteiger partial charge in [0.2, 0.25) is 0 Å². The van der Waals surface area contributed by atoms with Crippen LogP contribution in [0.1, 0.15) is 12.8 Å². The van der Waals surface area contributed by atoms with Crippen LogP contribution in [0.5, 0.6) is 0 Å². The Bertz CT molecular complexity index is 234. The molecule has 0 heterocycles. The van der Waals surface area contributed by atoms with Crippen LogP contribution in [0.4, 0.5) is 0 Å². The number of aliphatic carboxylic acids is 2. The number of hydrogen-bond acceptors (Lipinski definition) is 2. The summed E-state index contributed by atoms with van der Waals surface area (Å²) in [4.78, 5) is 20.8. The van der Waals surface area contributed by atoms with Crippen molar-refractivity contribution in [3.05, 3.63) is 11.6 Å². The molecule has 2 N–H and O–H groups in total. The standard InChI is InChI=1S/C7H8O4.Cd/c8-6(9)4-2-1-3-5(4)7(10)11;/h2,5H,1,3H2,(H,8,9)(H,10,11);. The Morgan fingerprint density at radius 3 is 2.33 bits per heavy atom. The Hall–Kier alpha value is -0.398. The molecule has 1 atom stereocenters. The third-order valence-electron chi connectivity index (χ3n) is 1.74. The van der Waals surface area contributed by atoms with Crippen LogP contribution in [0.3, 0.4) is 0 Å². The van der Waals surface area contributed by atoms with Gasteiger partial charge in [-0.2, -0.15) is 0 Å². The van der Waals surface area contributed by atoms with E-state index in [2.05, 4.69) is 0 Å². The monoisotopic (exact) mass is 270 g/mol. The van der Waals surface area contributed by atoms with Crippen LogP contribution in [0.15, 0.2) is 11.6 Å². The number of carbonyl (C=O) groups is 2. The summed E-state index contributed by atoms with van der Waals surface area (Å²) in [7, 11) is 0. The molecule has 0 saturated carbocycles. The second-order valence-corrected chi connectivity index (χ2v) is 2.43. The van der Waals surface area contributed by atoms with Gasteiger partial charge in [0.05, 0.1) is 5.92 Å². The van der Waals surface area contributed by atoms with E-state index in [4.69, 9.17) is 10.2 Å². The van der Waals surface area contributed by atoms with Gasteiger partial charge in [0, 0.05) is 32.9 Å². The summed E-state index contributed by atoms with van der Waals surface area (Å²) in [6, 6.07) is 0. The zero-order valence-corrected chi connectivity index (χ0v) is 10.5. The van der Waals surface area contributed by atoms with E-state index in [1.54, 1.807) is 0 Å². The van der Waals surface area contributed by atoms with Gasteiger partial charge in [0.15, 0.2) is 0 Å². The maximum absolute atomic E-state index is 10.4. The molecule has 1 rings (SSSR count). The van der Waals surface area contributed by atoms with Crippen molar-refractivity contribution in [3.63, 3.8) is 0 Å². The molecular weight excluding hydrogens is 260 g/mol. The van der Waals surface area contributed by atoms with Gasteiger partial charge in [-0.3, -0.25) is 4.79 Å². The average molecular weight is 269 g/mol. The molecule has 0 fully saturated rings. The molecule has 0 aromatic rings. The smallest absolute Gasteiger partial charge is 0.332 e. The first-order valence-electron chi connectivity index (χ1n) is 3.29. The SMILES string of the molecule is O=C(O)C1=CCCC1C(=O)O.[Cd]. The van der Waals surface area contributed by atoms with Crippen LogP contribution in [0, 0.1) is 5.92 Å². The van der Waals surface area contributed by atoms with E-state index in [9.17, 15) is 9.59 Å². The van der Waals surface area contributed by atoms with Crippen molar-refractivity contribution in [2.45, 2.75) is 12.8 Å². The Balaban J connectivity index is 0.00000121. The van der Waals surface area contributed by atoms with E-state index in [0.29, 0.717) is 12.8 Å². The first kappa shape index (κ1) is 11.6. The summed E-state index contributed by atoms with van der Waals surface area (Å²) >= 11 is 0. The van der Waals surface area contributed by atoms with Crippen LogP contribution >= 0.6 is 0 Å². The summed E-state index contributed by atoms with van der Waals surface area (Å²) < 4.78 is 0. The Morgan fingerprint density at radius 2 is 2.00 bits per heavy atom. The van der Waals surface area contributed by atoms with Gasteiger partial charge in [-0.1, -0.05) is 6.08 Å². The molecule has 62 valence electrons. The number of rotatable bonds is 2. The maximum atomic E-state index is 10.4. The van der Waals surface area contributed by atoms with Gasteiger partial charge >= 0.3 is 11.9 Å². The summed E-state index contributed by atoms with van der Waals surface area (Å²) in [5.74, 6) is -2.96. The van der Waals surface area contributed by atoms with Gasteiger partial charge in [-0.15, -0.1) is 0 Å². The van der Waals surface area contributed by atoms with Crippen LogP contribution in [0.2, 0.25) is 0 Å². The summed E-state index contributed by atoms with van der Waals surface area (Å²) in [6.07, 6.45) is 2.44. The minimum atomic E-state index is -1.12. The van der Waals surface area contributed by atoms with Crippen LogP contribution in [-0.4, -0.2) is 22.2 Å². The minimum Gasteiger partial charge on any atom is -0.481 e.